The quantitative estimate of drug-likeness (QED) is 0.768. The van der Waals surface area contributed by atoms with Gasteiger partial charge in [0.1, 0.15) is 5.82 Å². The molecule has 0 spiro atoms. The highest BCUT2D eigenvalue weighted by molar-refractivity contribution is 7.22. The van der Waals surface area contributed by atoms with Crippen LogP contribution in [-0.2, 0) is 10.2 Å². The summed E-state index contributed by atoms with van der Waals surface area (Å²) >= 11 is 1.67. The fourth-order valence-electron chi connectivity index (χ4n) is 3.90. The van der Waals surface area contributed by atoms with Crippen LogP contribution in [0.1, 0.15) is 46.1 Å². The molecule has 2 aromatic rings. The Morgan fingerprint density at radius 2 is 2.17 bits per heavy atom. The molecule has 0 N–H and O–H groups in total. The van der Waals surface area contributed by atoms with E-state index in [1.54, 1.807) is 17.4 Å². The summed E-state index contributed by atoms with van der Waals surface area (Å²) in [4.78, 5) is 7.17. The van der Waals surface area contributed by atoms with Gasteiger partial charge in [-0.05, 0) is 37.3 Å². The SMILES string of the molecule is CC(C)(C)c1c(F)ccc2sc(N3C[C@@H]4CC[C@](C)(C3)O4)nc12. The monoisotopic (exact) mass is 334 g/mol. The van der Waals surface area contributed by atoms with Gasteiger partial charge in [0.25, 0.3) is 0 Å². The van der Waals surface area contributed by atoms with Crippen molar-refractivity contribution < 1.29 is 9.13 Å². The number of benzene rings is 1. The smallest absolute Gasteiger partial charge is 0.186 e. The molecule has 2 aliphatic heterocycles. The summed E-state index contributed by atoms with van der Waals surface area (Å²) in [5, 5.41) is 0.998. The largest absolute Gasteiger partial charge is 0.368 e. The van der Waals surface area contributed by atoms with Crippen LogP contribution in [0, 0.1) is 5.82 Å². The average Bonchev–Trinajstić information content (AvgIpc) is 2.97. The number of hydrogen-bond donors (Lipinski definition) is 0. The van der Waals surface area contributed by atoms with Crippen LogP contribution in [0.4, 0.5) is 9.52 Å². The second-order valence-electron chi connectivity index (χ2n) is 8.12. The van der Waals surface area contributed by atoms with Crippen molar-refractivity contribution in [2.75, 3.05) is 18.0 Å². The van der Waals surface area contributed by atoms with Gasteiger partial charge >= 0.3 is 0 Å². The molecule has 1 aromatic carbocycles. The van der Waals surface area contributed by atoms with Crippen LogP contribution in [0.2, 0.25) is 0 Å². The third-order valence-corrected chi connectivity index (χ3v) is 6.00. The topological polar surface area (TPSA) is 25.4 Å². The maximum Gasteiger partial charge on any atom is 0.186 e. The second-order valence-corrected chi connectivity index (χ2v) is 9.13. The lowest BCUT2D eigenvalue weighted by molar-refractivity contribution is -0.0404. The lowest BCUT2D eigenvalue weighted by Gasteiger charge is -2.38. The Kier molecular flexibility index (Phi) is 3.27. The Morgan fingerprint density at radius 1 is 1.39 bits per heavy atom. The molecular formula is C18H23FN2OS. The molecule has 2 bridgehead atoms. The van der Waals surface area contributed by atoms with Crippen LogP contribution in [0.3, 0.4) is 0 Å². The molecule has 0 saturated carbocycles. The van der Waals surface area contributed by atoms with Crippen molar-refractivity contribution >= 4 is 26.7 Å². The summed E-state index contributed by atoms with van der Waals surface area (Å²) in [6.45, 7) is 10.1. The maximum absolute atomic E-state index is 14.4. The first-order valence-corrected chi connectivity index (χ1v) is 9.09. The predicted octanol–water partition coefficient (Wildman–Crippen LogP) is 4.49. The highest BCUT2D eigenvalue weighted by Crippen LogP contribution is 2.41. The molecule has 124 valence electrons. The Morgan fingerprint density at radius 3 is 2.87 bits per heavy atom. The van der Waals surface area contributed by atoms with Crippen molar-refractivity contribution in [2.45, 2.75) is 57.7 Å². The zero-order chi connectivity index (χ0) is 16.4. The van der Waals surface area contributed by atoms with Crippen LogP contribution in [0.5, 0.6) is 0 Å². The van der Waals surface area contributed by atoms with E-state index in [4.69, 9.17) is 9.72 Å². The molecule has 3 nitrogen and oxygen atoms in total. The summed E-state index contributed by atoms with van der Waals surface area (Å²) in [7, 11) is 0. The summed E-state index contributed by atoms with van der Waals surface area (Å²) < 4.78 is 21.5. The highest BCUT2D eigenvalue weighted by Gasteiger charge is 2.43. The fraction of sp³-hybridized carbons (Fsp3) is 0.611. The molecule has 5 heteroatoms. The molecule has 3 heterocycles. The zero-order valence-electron chi connectivity index (χ0n) is 14.1. The van der Waals surface area contributed by atoms with E-state index in [1.165, 1.54) is 0 Å². The number of halogens is 1. The van der Waals surface area contributed by atoms with Gasteiger partial charge in [0.05, 0.1) is 21.9 Å². The predicted molar refractivity (Wildman–Crippen MR) is 93.0 cm³/mol. The first-order valence-electron chi connectivity index (χ1n) is 8.27. The van der Waals surface area contributed by atoms with Crippen molar-refractivity contribution in [3.8, 4) is 0 Å². The molecule has 4 rings (SSSR count). The molecule has 2 saturated heterocycles. The second kappa shape index (κ2) is 4.90. The van der Waals surface area contributed by atoms with Crippen LogP contribution >= 0.6 is 11.3 Å². The zero-order valence-corrected chi connectivity index (χ0v) is 15.0. The fourth-order valence-corrected chi connectivity index (χ4v) is 4.88. The Balaban J connectivity index is 1.78. The molecule has 2 aliphatic rings. The van der Waals surface area contributed by atoms with Crippen molar-refractivity contribution in [3.63, 3.8) is 0 Å². The van der Waals surface area contributed by atoms with E-state index in [1.807, 2.05) is 26.8 Å². The van der Waals surface area contributed by atoms with Gasteiger partial charge < -0.3 is 9.64 Å². The molecule has 23 heavy (non-hydrogen) atoms. The number of hydrogen-bond acceptors (Lipinski definition) is 4. The van der Waals surface area contributed by atoms with E-state index in [0.717, 1.165) is 46.8 Å². The first-order chi connectivity index (χ1) is 10.8. The number of morpholine rings is 1. The van der Waals surface area contributed by atoms with E-state index < -0.39 is 0 Å². The molecule has 0 aliphatic carbocycles. The molecule has 2 atom stereocenters. The minimum atomic E-state index is -0.259. The number of nitrogens with zero attached hydrogens (tertiary/aromatic N) is 2. The third kappa shape index (κ3) is 2.54. The molecular weight excluding hydrogens is 311 g/mol. The summed E-state index contributed by atoms with van der Waals surface area (Å²) in [6, 6.07) is 3.44. The van der Waals surface area contributed by atoms with Gasteiger partial charge in [0, 0.05) is 18.7 Å². The van der Waals surface area contributed by atoms with E-state index >= 15 is 0 Å². The van der Waals surface area contributed by atoms with Gasteiger partial charge in [-0.2, -0.15) is 0 Å². The van der Waals surface area contributed by atoms with E-state index in [0.29, 0.717) is 6.10 Å². The lowest BCUT2D eigenvalue weighted by Crippen LogP contribution is -2.49. The van der Waals surface area contributed by atoms with Gasteiger partial charge in [-0.15, -0.1) is 0 Å². The van der Waals surface area contributed by atoms with Crippen LogP contribution in [0.25, 0.3) is 10.2 Å². The first kappa shape index (κ1) is 15.3. The van der Waals surface area contributed by atoms with Crippen LogP contribution in [-0.4, -0.2) is 29.8 Å². The maximum atomic E-state index is 14.4. The van der Waals surface area contributed by atoms with Crippen molar-refractivity contribution in [1.82, 2.24) is 4.98 Å². The van der Waals surface area contributed by atoms with E-state index in [-0.39, 0.29) is 16.8 Å². The van der Waals surface area contributed by atoms with Crippen LogP contribution in [0.15, 0.2) is 12.1 Å². The number of rotatable bonds is 1. The summed E-state index contributed by atoms with van der Waals surface area (Å²) in [5.41, 5.74) is 1.23. The number of ether oxygens (including phenoxy) is 1. The molecule has 0 unspecified atom stereocenters. The molecule has 0 radical (unpaired) electrons. The third-order valence-electron chi connectivity index (χ3n) is 4.91. The molecule has 0 amide bonds. The van der Waals surface area contributed by atoms with Crippen molar-refractivity contribution in [1.29, 1.82) is 0 Å². The number of fused-ring (bicyclic) bond motifs is 3. The van der Waals surface area contributed by atoms with Crippen molar-refractivity contribution in [3.05, 3.63) is 23.5 Å². The molecule has 2 fully saturated rings. The van der Waals surface area contributed by atoms with Gasteiger partial charge in [-0.1, -0.05) is 32.1 Å². The van der Waals surface area contributed by atoms with E-state index in [2.05, 4.69) is 11.8 Å². The minimum Gasteiger partial charge on any atom is -0.368 e. The highest BCUT2D eigenvalue weighted by atomic mass is 32.1. The average molecular weight is 334 g/mol. The van der Waals surface area contributed by atoms with Crippen molar-refractivity contribution in [2.24, 2.45) is 0 Å². The standard InChI is InChI=1S/C18H23FN2OS/c1-17(2,3)14-12(19)5-6-13-15(14)20-16(23-13)21-9-11-7-8-18(4,10-21)22-11/h5-6,11H,7-10H2,1-4H3/t11-,18+/m0/s1. The number of aromatic nitrogens is 1. The van der Waals surface area contributed by atoms with Gasteiger partial charge in [0.15, 0.2) is 5.13 Å². The van der Waals surface area contributed by atoms with Crippen LogP contribution < -0.4 is 4.90 Å². The van der Waals surface area contributed by atoms with Gasteiger partial charge in [-0.3, -0.25) is 0 Å². The Labute approximate surface area is 140 Å². The van der Waals surface area contributed by atoms with E-state index in [9.17, 15) is 4.39 Å². The summed E-state index contributed by atoms with van der Waals surface area (Å²) in [6.07, 6.45) is 2.54. The van der Waals surface area contributed by atoms with Gasteiger partial charge in [-0.25, -0.2) is 9.37 Å². The summed E-state index contributed by atoms with van der Waals surface area (Å²) in [5.74, 6) is -0.157. The van der Waals surface area contributed by atoms with Gasteiger partial charge in [0.2, 0.25) is 0 Å². The minimum absolute atomic E-state index is 0.0567. The Bertz CT molecular complexity index is 766. The normalized spacial score (nSPS) is 27.9. The number of anilines is 1. The number of thiazole rings is 1. The molecule has 1 aromatic heterocycles. The Hall–Kier alpha value is -1.20. The lowest BCUT2D eigenvalue weighted by atomic mass is 9.86.